The van der Waals surface area contributed by atoms with Crippen LogP contribution in [0, 0.1) is 0 Å². The molecule has 2 aromatic rings. The lowest BCUT2D eigenvalue weighted by Crippen LogP contribution is -2.20. The van der Waals surface area contributed by atoms with Crippen molar-refractivity contribution in [3.8, 4) is 0 Å². The van der Waals surface area contributed by atoms with E-state index in [-0.39, 0.29) is 6.04 Å². The van der Waals surface area contributed by atoms with Gasteiger partial charge in [-0.2, -0.15) is 11.3 Å². The van der Waals surface area contributed by atoms with Crippen molar-refractivity contribution in [2.45, 2.75) is 32.9 Å². The lowest BCUT2D eigenvalue weighted by Gasteiger charge is -2.12. The molecular formula is C11H17N5S. The molecule has 92 valence electrons. The summed E-state index contributed by atoms with van der Waals surface area (Å²) >= 11 is 1.69. The van der Waals surface area contributed by atoms with Crippen LogP contribution in [0.3, 0.4) is 0 Å². The summed E-state index contributed by atoms with van der Waals surface area (Å²) in [6, 6.07) is 2.30. The Balaban J connectivity index is 2.08. The van der Waals surface area contributed by atoms with Crippen molar-refractivity contribution in [2.24, 2.45) is 0 Å². The van der Waals surface area contributed by atoms with Gasteiger partial charge in [0.05, 0.1) is 12.6 Å². The van der Waals surface area contributed by atoms with E-state index in [9.17, 15) is 0 Å². The van der Waals surface area contributed by atoms with E-state index >= 15 is 0 Å². The van der Waals surface area contributed by atoms with Crippen LogP contribution in [0.15, 0.2) is 16.8 Å². The summed E-state index contributed by atoms with van der Waals surface area (Å²) in [6.45, 7) is 5.96. The zero-order valence-corrected chi connectivity index (χ0v) is 10.9. The number of tetrazole rings is 1. The molecular weight excluding hydrogens is 234 g/mol. The molecule has 0 radical (unpaired) electrons. The Kier molecular flexibility index (Phi) is 4.22. The molecule has 0 amide bonds. The molecule has 0 spiro atoms. The minimum atomic E-state index is 0.190. The Bertz CT molecular complexity index is 436. The molecule has 0 aliphatic heterocycles. The van der Waals surface area contributed by atoms with Gasteiger partial charge in [0.2, 0.25) is 0 Å². The van der Waals surface area contributed by atoms with E-state index < -0.39 is 0 Å². The number of rotatable bonds is 6. The molecule has 6 heteroatoms. The Morgan fingerprint density at radius 3 is 3.12 bits per heavy atom. The van der Waals surface area contributed by atoms with Gasteiger partial charge in [-0.15, -0.1) is 5.10 Å². The topological polar surface area (TPSA) is 55.6 Å². The van der Waals surface area contributed by atoms with Gasteiger partial charge in [-0.25, -0.2) is 4.68 Å². The maximum Gasteiger partial charge on any atom is 0.165 e. The van der Waals surface area contributed by atoms with E-state index in [1.54, 1.807) is 11.3 Å². The summed E-state index contributed by atoms with van der Waals surface area (Å²) in [5.41, 5.74) is 1.25. The Hall–Kier alpha value is -1.27. The molecule has 0 aliphatic rings. The first-order valence-corrected chi connectivity index (χ1v) is 6.76. The highest BCUT2D eigenvalue weighted by Gasteiger charge is 2.14. The fraction of sp³-hybridized carbons (Fsp3) is 0.545. The first-order chi connectivity index (χ1) is 8.33. The Labute approximate surface area is 105 Å². The Morgan fingerprint density at radius 1 is 1.53 bits per heavy atom. The van der Waals surface area contributed by atoms with Gasteiger partial charge in [-0.1, -0.05) is 6.92 Å². The molecule has 1 unspecified atom stereocenters. The summed E-state index contributed by atoms with van der Waals surface area (Å²) in [7, 11) is 0. The highest BCUT2D eigenvalue weighted by Crippen LogP contribution is 2.19. The minimum absolute atomic E-state index is 0.190. The van der Waals surface area contributed by atoms with Gasteiger partial charge in [0.15, 0.2) is 5.82 Å². The number of thiophene rings is 1. The highest BCUT2D eigenvalue weighted by molar-refractivity contribution is 7.07. The number of nitrogens with one attached hydrogen (secondary N) is 1. The van der Waals surface area contributed by atoms with E-state index in [0.29, 0.717) is 0 Å². The normalized spacial score (nSPS) is 12.8. The minimum Gasteiger partial charge on any atom is -0.310 e. The van der Waals surface area contributed by atoms with Gasteiger partial charge in [0, 0.05) is 0 Å². The third kappa shape index (κ3) is 2.89. The van der Waals surface area contributed by atoms with Gasteiger partial charge in [0.1, 0.15) is 0 Å². The van der Waals surface area contributed by atoms with E-state index in [0.717, 1.165) is 25.3 Å². The van der Waals surface area contributed by atoms with Crippen LogP contribution in [0.4, 0.5) is 0 Å². The van der Waals surface area contributed by atoms with Crippen molar-refractivity contribution in [1.82, 2.24) is 25.5 Å². The molecule has 0 fully saturated rings. The predicted molar refractivity (Wildman–Crippen MR) is 67.9 cm³/mol. The molecule has 0 aliphatic carbocycles. The second kappa shape index (κ2) is 5.88. The van der Waals surface area contributed by atoms with Crippen LogP contribution in [0.2, 0.25) is 0 Å². The largest absolute Gasteiger partial charge is 0.310 e. The monoisotopic (exact) mass is 251 g/mol. The number of aromatic nitrogens is 4. The zero-order valence-electron chi connectivity index (χ0n) is 10.1. The van der Waals surface area contributed by atoms with E-state index in [1.165, 1.54) is 5.56 Å². The van der Waals surface area contributed by atoms with Gasteiger partial charge in [-0.3, -0.25) is 0 Å². The van der Waals surface area contributed by atoms with Crippen LogP contribution in [0.5, 0.6) is 0 Å². The van der Waals surface area contributed by atoms with E-state index in [4.69, 9.17) is 0 Å². The number of hydrogen-bond acceptors (Lipinski definition) is 5. The standard InChI is InChI=1S/C11H17N5S/c1-3-5-12-7-11-13-14-15-16(11)9(2)10-4-6-17-8-10/h4,6,8-9,12H,3,5,7H2,1-2H3. The summed E-state index contributed by atoms with van der Waals surface area (Å²) in [5, 5.41) is 19.4. The number of nitrogens with zero attached hydrogens (tertiary/aromatic N) is 4. The molecule has 0 bridgehead atoms. The SMILES string of the molecule is CCCNCc1nnnn1C(C)c1ccsc1. The molecule has 2 rings (SSSR count). The summed E-state index contributed by atoms with van der Waals surface area (Å²) in [4.78, 5) is 0. The maximum absolute atomic E-state index is 4.07. The maximum atomic E-state index is 4.07. The van der Waals surface area contributed by atoms with E-state index in [2.05, 4.69) is 51.5 Å². The Morgan fingerprint density at radius 2 is 2.41 bits per heavy atom. The number of hydrogen-bond donors (Lipinski definition) is 1. The highest BCUT2D eigenvalue weighted by atomic mass is 32.1. The molecule has 5 nitrogen and oxygen atoms in total. The van der Waals surface area contributed by atoms with Crippen molar-refractivity contribution in [1.29, 1.82) is 0 Å². The zero-order chi connectivity index (χ0) is 12.1. The molecule has 1 N–H and O–H groups in total. The third-order valence-electron chi connectivity index (χ3n) is 2.66. The fourth-order valence-electron chi connectivity index (χ4n) is 1.66. The van der Waals surface area contributed by atoms with Crippen molar-refractivity contribution in [3.63, 3.8) is 0 Å². The van der Waals surface area contributed by atoms with Crippen molar-refractivity contribution in [3.05, 3.63) is 28.2 Å². The fourth-order valence-corrected chi connectivity index (χ4v) is 2.41. The third-order valence-corrected chi connectivity index (χ3v) is 3.36. The van der Waals surface area contributed by atoms with Crippen LogP contribution in [0.25, 0.3) is 0 Å². The predicted octanol–water partition coefficient (Wildman–Crippen LogP) is 1.84. The first-order valence-electron chi connectivity index (χ1n) is 5.82. The average Bonchev–Trinajstić information content (AvgIpc) is 3.00. The molecule has 17 heavy (non-hydrogen) atoms. The van der Waals surface area contributed by atoms with Crippen molar-refractivity contribution >= 4 is 11.3 Å². The van der Waals surface area contributed by atoms with Crippen LogP contribution >= 0.6 is 11.3 Å². The van der Waals surface area contributed by atoms with Crippen LogP contribution in [-0.2, 0) is 6.54 Å². The van der Waals surface area contributed by atoms with E-state index in [1.807, 2.05) is 4.68 Å². The van der Waals surface area contributed by atoms with Crippen LogP contribution in [0.1, 0.15) is 37.7 Å². The molecule has 1 atom stereocenters. The molecule has 2 aromatic heterocycles. The molecule has 0 saturated heterocycles. The first kappa shape index (κ1) is 12.2. The van der Waals surface area contributed by atoms with Gasteiger partial charge in [-0.05, 0) is 52.7 Å². The van der Waals surface area contributed by atoms with Gasteiger partial charge >= 0.3 is 0 Å². The molecule has 0 saturated carbocycles. The van der Waals surface area contributed by atoms with Crippen molar-refractivity contribution in [2.75, 3.05) is 6.54 Å². The van der Waals surface area contributed by atoms with Crippen LogP contribution < -0.4 is 5.32 Å². The quantitative estimate of drug-likeness (QED) is 0.796. The summed E-state index contributed by atoms with van der Waals surface area (Å²) < 4.78 is 1.88. The van der Waals surface area contributed by atoms with Crippen LogP contribution in [-0.4, -0.2) is 26.8 Å². The van der Waals surface area contributed by atoms with Gasteiger partial charge in [0.25, 0.3) is 0 Å². The smallest absolute Gasteiger partial charge is 0.165 e. The van der Waals surface area contributed by atoms with Gasteiger partial charge < -0.3 is 5.32 Å². The average molecular weight is 251 g/mol. The molecule has 2 heterocycles. The second-order valence-electron chi connectivity index (χ2n) is 3.95. The second-order valence-corrected chi connectivity index (χ2v) is 4.73. The van der Waals surface area contributed by atoms with Crippen molar-refractivity contribution < 1.29 is 0 Å². The lowest BCUT2D eigenvalue weighted by molar-refractivity contribution is 0.506. The molecule has 0 aromatic carbocycles. The summed E-state index contributed by atoms with van der Waals surface area (Å²) in [5.74, 6) is 0.886. The lowest BCUT2D eigenvalue weighted by atomic mass is 10.2. The summed E-state index contributed by atoms with van der Waals surface area (Å²) in [6.07, 6.45) is 1.11.